The van der Waals surface area contributed by atoms with E-state index in [1.165, 1.54) is 31.4 Å². The third-order valence-corrected chi connectivity index (χ3v) is 5.29. The number of hydrogen-bond donors (Lipinski definition) is 2. The maximum Gasteiger partial charge on any atom is 0.104 e. The summed E-state index contributed by atoms with van der Waals surface area (Å²) in [5, 5.41) is 3.57. The van der Waals surface area contributed by atoms with Gasteiger partial charge in [0.05, 0.1) is 11.0 Å². The minimum absolute atomic E-state index is 0.476. The Morgan fingerprint density at radius 1 is 1.29 bits per heavy atom. The minimum Gasteiger partial charge on any atom is -0.342 e. The van der Waals surface area contributed by atoms with E-state index < -0.39 is 0 Å². The molecule has 2 heterocycles. The molecule has 0 bridgehead atoms. The Morgan fingerprint density at radius 3 is 3.18 bits per heavy atom. The molecule has 1 saturated carbocycles. The first-order chi connectivity index (χ1) is 8.22. The van der Waals surface area contributed by atoms with Crippen molar-refractivity contribution >= 4 is 11.0 Å². The van der Waals surface area contributed by atoms with Crippen molar-refractivity contribution in [2.75, 3.05) is 13.1 Å². The molecule has 17 heavy (non-hydrogen) atoms. The fourth-order valence-electron chi connectivity index (χ4n) is 4.49. The monoisotopic (exact) mass is 225 g/mol. The van der Waals surface area contributed by atoms with Crippen LogP contribution in [0.1, 0.15) is 23.4 Å². The summed E-state index contributed by atoms with van der Waals surface area (Å²) in [6.07, 6.45) is 2.66. The van der Waals surface area contributed by atoms with E-state index in [0.29, 0.717) is 10.8 Å². The van der Waals surface area contributed by atoms with Crippen molar-refractivity contribution in [3.8, 4) is 0 Å². The van der Waals surface area contributed by atoms with Gasteiger partial charge in [-0.25, -0.2) is 4.98 Å². The quantitative estimate of drug-likeness (QED) is 0.716. The summed E-state index contributed by atoms with van der Waals surface area (Å²) in [5.41, 5.74) is 6.55. The molecule has 3 heteroatoms. The Kier molecular flexibility index (Phi) is 1.16. The first kappa shape index (κ1) is 8.70. The maximum absolute atomic E-state index is 4.58. The molecule has 3 aliphatic rings. The van der Waals surface area contributed by atoms with Crippen LogP contribution in [0.2, 0.25) is 0 Å². The number of aromatic nitrogens is 2. The van der Waals surface area contributed by atoms with E-state index in [0.717, 1.165) is 11.3 Å². The second kappa shape index (κ2) is 2.27. The topological polar surface area (TPSA) is 40.7 Å². The van der Waals surface area contributed by atoms with E-state index in [2.05, 4.69) is 27.4 Å². The van der Waals surface area contributed by atoms with Crippen molar-refractivity contribution in [3.63, 3.8) is 0 Å². The lowest BCUT2D eigenvalue weighted by atomic mass is 9.95. The van der Waals surface area contributed by atoms with Gasteiger partial charge < -0.3 is 10.3 Å². The Bertz CT molecular complexity index is 667. The van der Waals surface area contributed by atoms with Gasteiger partial charge in [0.15, 0.2) is 0 Å². The van der Waals surface area contributed by atoms with Crippen molar-refractivity contribution < 1.29 is 0 Å². The van der Waals surface area contributed by atoms with Crippen molar-refractivity contribution in [2.24, 2.45) is 5.41 Å². The zero-order valence-electron chi connectivity index (χ0n) is 9.93. The van der Waals surface area contributed by atoms with E-state index in [-0.39, 0.29) is 0 Å². The minimum atomic E-state index is 0.476. The molecule has 1 saturated heterocycles. The standard InChI is InChI=1S/C14H15N3/c1-8-16-11-2-9-4-13-5-14(13,7-15-6-13)10(9)3-12(11)17-8/h2-3,15H,4-7H2,1H3,(H,16,17). The summed E-state index contributed by atoms with van der Waals surface area (Å²) in [5.74, 6) is 1.02. The number of nitrogens with one attached hydrogen (secondary N) is 2. The van der Waals surface area contributed by atoms with Crippen LogP contribution >= 0.6 is 0 Å². The first-order valence-electron chi connectivity index (χ1n) is 6.43. The third-order valence-electron chi connectivity index (χ3n) is 5.29. The van der Waals surface area contributed by atoms with E-state index >= 15 is 0 Å². The molecule has 2 unspecified atom stereocenters. The number of H-pyrrole nitrogens is 1. The van der Waals surface area contributed by atoms with Gasteiger partial charge in [0.25, 0.3) is 0 Å². The highest BCUT2D eigenvalue weighted by Gasteiger charge is 2.73. The lowest BCUT2D eigenvalue weighted by molar-refractivity contribution is 0.522. The van der Waals surface area contributed by atoms with Crippen LogP contribution in [-0.2, 0) is 11.8 Å². The molecule has 5 rings (SSSR count). The lowest BCUT2D eigenvalue weighted by Gasteiger charge is -2.13. The highest BCUT2D eigenvalue weighted by atomic mass is 15.0. The lowest BCUT2D eigenvalue weighted by Crippen LogP contribution is -2.21. The summed E-state index contributed by atoms with van der Waals surface area (Å²) in [7, 11) is 0. The summed E-state index contributed by atoms with van der Waals surface area (Å²) in [4.78, 5) is 7.93. The number of benzene rings is 1. The molecule has 2 aromatic rings. The summed E-state index contributed by atoms with van der Waals surface area (Å²) in [6.45, 7) is 4.42. The summed E-state index contributed by atoms with van der Waals surface area (Å²) < 4.78 is 0. The molecule has 0 spiro atoms. The molecule has 1 aromatic heterocycles. The van der Waals surface area contributed by atoms with Gasteiger partial charge >= 0.3 is 0 Å². The average Bonchev–Trinajstić information content (AvgIpc) is 2.58. The van der Waals surface area contributed by atoms with Crippen LogP contribution in [-0.4, -0.2) is 23.1 Å². The Balaban J connectivity index is 1.82. The van der Waals surface area contributed by atoms with Crippen molar-refractivity contribution in [3.05, 3.63) is 29.1 Å². The zero-order valence-corrected chi connectivity index (χ0v) is 9.93. The molecule has 86 valence electrons. The van der Waals surface area contributed by atoms with Gasteiger partial charge in [-0.1, -0.05) is 0 Å². The van der Waals surface area contributed by atoms with Crippen molar-refractivity contribution in [1.82, 2.24) is 15.3 Å². The van der Waals surface area contributed by atoms with Gasteiger partial charge in [0.1, 0.15) is 5.82 Å². The summed E-state index contributed by atoms with van der Waals surface area (Å²) in [6, 6.07) is 4.68. The summed E-state index contributed by atoms with van der Waals surface area (Å²) >= 11 is 0. The predicted molar refractivity (Wildman–Crippen MR) is 66.1 cm³/mol. The first-order valence-corrected chi connectivity index (χ1v) is 6.43. The van der Waals surface area contributed by atoms with Gasteiger partial charge in [-0.15, -0.1) is 0 Å². The normalized spacial score (nSPS) is 37.0. The molecule has 2 atom stereocenters. The molecular weight excluding hydrogens is 210 g/mol. The van der Waals surface area contributed by atoms with Crippen LogP contribution in [0.4, 0.5) is 0 Å². The van der Waals surface area contributed by atoms with Gasteiger partial charge in [-0.3, -0.25) is 0 Å². The highest BCUT2D eigenvalue weighted by Crippen LogP contribution is 2.73. The predicted octanol–water partition coefficient (Wildman–Crippen LogP) is 1.66. The van der Waals surface area contributed by atoms with Gasteiger partial charge in [-0.05, 0) is 48.4 Å². The molecule has 0 amide bonds. The Morgan fingerprint density at radius 2 is 2.24 bits per heavy atom. The second-order valence-corrected chi connectivity index (χ2v) is 6.17. The molecule has 1 aromatic carbocycles. The van der Waals surface area contributed by atoms with E-state index in [1.54, 1.807) is 11.1 Å². The molecular formula is C14H15N3. The van der Waals surface area contributed by atoms with Gasteiger partial charge in [0, 0.05) is 18.5 Å². The highest BCUT2D eigenvalue weighted by molar-refractivity contribution is 5.79. The number of rotatable bonds is 0. The SMILES string of the molecule is Cc1nc2cc3c(cc2[nH]1)CC12CNCC31C2. The average molecular weight is 225 g/mol. The van der Waals surface area contributed by atoms with E-state index in [9.17, 15) is 0 Å². The van der Waals surface area contributed by atoms with Gasteiger partial charge in [0.2, 0.25) is 0 Å². The van der Waals surface area contributed by atoms with E-state index in [1.807, 2.05) is 6.92 Å². The number of nitrogens with zero attached hydrogens (tertiary/aromatic N) is 1. The maximum atomic E-state index is 4.58. The van der Waals surface area contributed by atoms with Crippen LogP contribution in [0.5, 0.6) is 0 Å². The van der Waals surface area contributed by atoms with Crippen molar-refractivity contribution in [1.29, 1.82) is 0 Å². The Hall–Kier alpha value is -1.35. The number of aromatic amines is 1. The number of imidazole rings is 1. The van der Waals surface area contributed by atoms with Crippen LogP contribution in [0.15, 0.2) is 12.1 Å². The fraction of sp³-hybridized carbons (Fsp3) is 0.500. The van der Waals surface area contributed by atoms with Crippen LogP contribution in [0, 0.1) is 12.3 Å². The van der Waals surface area contributed by atoms with Crippen LogP contribution in [0.3, 0.4) is 0 Å². The van der Waals surface area contributed by atoms with Crippen molar-refractivity contribution in [2.45, 2.75) is 25.2 Å². The number of piperidine rings is 1. The molecule has 1 aliphatic heterocycles. The molecule has 2 fully saturated rings. The smallest absolute Gasteiger partial charge is 0.104 e. The molecule has 2 N–H and O–H groups in total. The Labute approximate surface area is 99.6 Å². The van der Waals surface area contributed by atoms with Crippen LogP contribution in [0.25, 0.3) is 11.0 Å². The number of fused-ring (bicyclic) bond motifs is 2. The molecule has 0 radical (unpaired) electrons. The van der Waals surface area contributed by atoms with E-state index in [4.69, 9.17) is 0 Å². The fourth-order valence-corrected chi connectivity index (χ4v) is 4.49. The molecule has 2 aliphatic carbocycles. The third kappa shape index (κ3) is 0.785. The molecule has 3 nitrogen and oxygen atoms in total. The largest absolute Gasteiger partial charge is 0.342 e. The second-order valence-electron chi connectivity index (χ2n) is 6.17. The number of aryl methyl sites for hydroxylation is 1. The zero-order chi connectivity index (χ0) is 11.3. The number of hydrogen-bond acceptors (Lipinski definition) is 2. The van der Waals surface area contributed by atoms with Crippen LogP contribution < -0.4 is 5.32 Å². The van der Waals surface area contributed by atoms with Gasteiger partial charge in [-0.2, -0.15) is 0 Å².